The number of nitrogens with zero attached hydrogens (tertiary/aromatic N) is 3. The van der Waals surface area contributed by atoms with Gasteiger partial charge in [-0.15, -0.1) is 24.0 Å². The third-order valence-corrected chi connectivity index (χ3v) is 4.37. The van der Waals surface area contributed by atoms with Crippen molar-refractivity contribution in [3.05, 3.63) is 53.3 Å². The lowest BCUT2D eigenvalue weighted by Crippen LogP contribution is -2.39. The van der Waals surface area contributed by atoms with E-state index < -0.39 is 0 Å². The SMILES string of the molecule is CCNC(=NCc1ccnn1C)NC1CC1c1ccccc1C.I. The van der Waals surface area contributed by atoms with Crippen LogP contribution < -0.4 is 10.6 Å². The number of halogens is 1. The van der Waals surface area contributed by atoms with Gasteiger partial charge in [0.2, 0.25) is 0 Å². The Morgan fingerprint density at radius 1 is 1.33 bits per heavy atom. The predicted octanol–water partition coefficient (Wildman–Crippen LogP) is 2.96. The van der Waals surface area contributed by atoms with Gasteiger partial charge in [0.15, 0.2) is 5.96 Å². The van der Waals surface area contributed by atoms with Crippen LogP contribution in [0.4, 0.5) is 0 Å². The smallest absolute Gasteiger partial charge is 0.191 e. The number of rotatable bonds is 5. The summed E-state index contributed by atoms with van der Waals surface area (Å²) in [6, 6.07) is 11.1. The van der Waals surface area contributed by atoms with Gasteiger partial charge in [0.1, 0.15) is 0 Å². The molecule has 1 heterocycles. The maximum atomic E-state index is 4.68. The normalized spacial score (nSPS) is 19.5. The molecule has 2 N–H and O–H groups in total. The second kappa shape index (κ2) is 8.50. The van der Waals surface area contributed by atoms with Crippen molar-refractivity contribution in [1.82, 2.24) is 20.4 Å². The van der Waals surface area contributed by atoms with Gasteiger partial charge in [-0.05, 0) is 37.5 Å². The molecule has 0 aliphatic heterocycles. The molecule has 24 heavy (non-hydrogen) atoms. The molecule has 1 saturated carbocycles. The fourth-order valence-electron chi connectivity index (χ4n) is 2.91. The van der Waals surface area contributed by atoms with Crippen LogP contribution in [0.5, 0.6) is 0 Å². The summed E-state index contributed by atoms with van der Waals surface area (Å²) in [5, 5.41) is 11.1. The van der Waals surface area contributed by atoms with E-state index in [9.17, 15) is 0 Å². The number of nitrogens with one attached hydrogen (secondary N) is 2. The summed E-state index contributed by atoms with van der Waals surface area (Å²) in [6.07, 6.45) is 2.97. The zero-order valence-corrected chi connectivity index (χ0v) is 16.8. The third-order valence-electron chi connectivity index (χ3n) is 4.37. The Bertz CT molecular complexity index is 694. The molecule has 0 saturated heterocycles. The number of hydrogen-bond acceptors (Lipinski definition) is 2. The van der Waals surface area contributed by atoms with Crippen molar-refractivity contribution >= 4 is 29.9 Å². The first-order valence-electron chi connectivity index (χ1n) is 8.26. The zero-order chi connectivity index (χ0) is 16.2. The van der Waals surface area contributed by atoms with Crippen LogP contribution in [0.3, 0.4) is 0 Å². The first kappa shape index (κ1) is 18.8. The van der Waals surface area contributed by atoms with E-state index in [-0.39, 0.29) is 24.0 Å². The fraction of sp³-hybridized carbons (Fsp3) is 0.444. The average molecular weight is 439 g/mol. The van der Waals surface area contributed by atoms with E-state index in [1.807, 2.05) is 17.8 Å². The van der Waals surface area contributed by atoms with Crippen molar-refractivity contribution in [2.24, 2.45) is 12.0 Å². The van der Waals surface area contributed by atoms with Gasteiger partial charge in [0.05, 0.1) is 12.2 Å². The Labute approximate surface area is 161 Å². The lowest BCUT2D eigenvalue weighted by Gasteiger charge is -2.12. The van der Waals surface area contributed by atoms with Gasteiger partial charge < -0.3 is 10.6 Å². The number of aliphatic imine (C=N–C) groups is 1. The highest BCUT2D eigenvalue weighted by Gasteiger charge is 2.39. The molecular weight excluding hydrogens is 413 g/mol. The Balaban J connectivity index is 0.00000208. The minimum absolute atomic E-state index is 0. The number of benzene rings is 1. The molecule has 5 nitrogen and oxygen atoms in total. The molecule has 2 aromatic rings. The van der Waals surface area contributed by atoms with Crippen LogP contribution >= 0.6 is 24.0 Å². The Kier molecular flexibility index (Phi) is 6.65. The van der Waals surface area contributed by atoms with E-state index in [2.05, 4.69) is 58.8 Å². The van der Waals surface area contributed by atoms with Crippen molar-refractivity contribution in [3.8, 4) is 0 Å². The van der Waals surface area contributed by atoms with Gasteiger partial charge in [-0.2, -0.15) is 5.10 Å². The molecule has 1 aromatic heterocycles. The maximum absolute atomic E-state index is 4.68. The molecule has 0 spiro atoms. The summed E-state index contributed by atoms with van der Waals surface area (Å²) in [7, 11) is 1.94. The summed E-state index contributed by atoms with van der Waals surface area (Å²) >= 11 is 0. The molecule has 1 aliphatic rings. The minimum atomic E-state index is 0. The van der Waals surface area contributed by atoms with Gasteiger partial charge in [0, 0.05) is 31.7 Å². The van der Waals surface area contributed by atoms with Crippen LogP contribution in [0.2, 0.25) is 0 Å². The van der Waals surface area contributed by atoms with Crippen LogP contribution in [0.15, 0.2) is 41.5 Å². The van der Waals surface area contributed by atoms with Crippen molar-refractivity contribution in [3.63, 3.8) is 0 Å². The molecule has 6 heteroatoms. The van der Waals surface area contributed by atoms with E-state index in [1.54, 1.807) is 6.20 Å². The lowest BCUT2D eigenvalue weighted by atomic mass is 10.0. The van der Waals surface area contributed by atoms with Crippen LogP contribution in [0.1, 0.15) is 36.1 Å². The van der Waals surface area contributed by atoms with Gasteiger partial charge in [-0.25, -0.2) is 4.99 Å². The van der Waals surface area contributed by atoms with E-state index in [0.717, 1.165) is 18.2 Å². The average Bonchev–Trinajstić information content (AvgIpc) is 3.17. The first-order valence-corrected chi connectivity index (χ1v) is 8.26. The summed E-state index contributed by atoms with van der Waals surface area (Å²) in [4.78, 5) is 4.68. The van der Waals surface area contributed by atoms with E-state index in [4.69, 9.17) is 0 Å². The summed E-state index contributed by atoms with van der Waals surface area (Å²) < 4.78 is 1.86. The molecular formula is C18H26IN5. The summed E-state index contributed by atoms with van der Waals surface area (Å²) in [5.74, 6) is 1.48. The zero-order valence-electron chi connectivity index (χ0n) is 14.5. The third kappa shape index (κ3) is 4.49. The van der Waals surface area contributed by atoms with Crippen LogP contribution in [0.25, 0.3) is 0 Å². The van der Waals surface area contributed by atoms with Crippen molar-refractivity contribution in [2.45, 2.75) is 38.8 Å². The van der Waals surface area contributed by atoms with Crippen molar-refractivity contribution < 1.29 is 0 Å². The predicted molar refractivity (Wildman–Crippen MR) is 109 cm³/mol. The number of guanidine groups is 1. The molecule has 0 bridgehead atoms. The molecule has 0 radical (unpaired) electrons. The molecule has 2 atom stereocenters. The standard InChI is InChI=1S/C18H25N5.HI/c1-4-19-18(20-12-14-9-10-21-23(14)3)22-17-11-16(17)15-8-6-5-7-13(15)2;/h5-10,16-17H,4,11-12H2,1-3H3,(H2,19,20,22);1H. The van der Waals surface area contributed by atoms with Gasteiger partial charge in [-0.1, -0.05) is 24.3 Å². The summed E-state index contributed by atoms with van der Waals surface area (Å²) in [5.41, 5.74) is 3.93. The highest BCUT2D eigenvalue weighted by Crippen LogP contribution is 2.41. The lowest BCUT2D eigenvalue weighted by molar-refractivity contribution is 0.706. The fourth-order valence-corrected chi connectivity index (χ4v) is 2.91. The second-order valence-corrected chi connectivity index (χ2v) is 6.09. The van der Waals surface area contributed by atoms with Gasteiger partial charge >= 0.3 is 0 Å². The maximum Gasteiger partial charge on any atom is 0.191 e. The summed E-state index contributed by atoms with van der Waals surface area (Å²) in [6.45, 7) is 5.77. The van der Waals surface area contributed by atoms with Crippen molar-refractivity contribution in [1.29, 1.82) is 0 Å². The topological polar surface area (TPSA) is 54.2 Å². The van der Waals surface area contributed by atoms with Crippen LogP contribution in [-0.4, -0.2) is 28.3 Å². The van der Waals surface area contributed by atoms with E-state index >= 15 is 0 Å². The Morgan fingerprint density at radius 2 is 2.12 bits per heavy atom. The largest absolute Gasteiger partial charge is 0.357 e. The minimum Gasteiger partial charge on any atom is -0.357 e. The Morgan fingerprint density at radius 3 is 2.79 bits per heavy atom. The quantitative estimate of drug-likeness (QED) is 0.428. The monoisotopic (exact) mass is 439 g/mol. The molecule has 3 rings (SSSR count). The van der Waals surface area contributed by atoms with Gasteiger partial charge in [0.25, 0.3) is 0 Å². The molecule has 2 unspecified atom stereocenters. The van der Waals surface area contributed by atoms with E-state index in [1.165, 1.54) is 17.5 Å². The van der Waals surface area contributed by atoms with Crippen LogP contribution in [-0.2, 0) is 13.6 Å². The molecule has 1 aliphatic carbocycles. The molecule has 1 aromatic carbocycles. The Hall–Kier alpha value is -1.57. The molecule has 1 fully saturated rings. The number of aryl methyl sites for hydroxylation is 2. The highest BCUT2D eigenvalue weighted by atomic mass is 127. The van der Waals surface area contributed by atoms with Gasteiger partial charge in [-0.3, -0.25) is 4.68 Å². The highest BCUT2D eigenvalue weighted by molar-refractivity contribution is 14.0. The van der Waals surface area contributed by atoms with Crippen molar-refractivity contribution in [2.75, 3.05) is 6.54 Å². The second-order valence-electron chi connectivity index (χ2n) is 6.09. The van der Waals surface area contributed by atoms with E-state index in [0.29, 0.717) is 18.5 Å². The molecule has 130 valence electrons. The van der Waals surface area contributed by atoms with Crippen LogP contribution in [0, 0.1) is 6.92 Å². The number of aromatic nitrogens is 2. The molecule has 0 amide bonds. The first-order chi connectivity index (χ1) is 11.2. The number of hydrogen-bond donors (Lipinski definition) is 2.